The van der Waals surface area contributed by atoms with Gasteiger partial charge < -0.3 is 10.6 Å². The summed E-state index contributed by atoms with van der Waals surface area (Å²) in [5.41, 5.74) is 0.967. The lowest BCUT2D eigenvalue weighted by Gasteiger charge is -2.35. The van der Waals surface area contributed by atoms with Crippen LogP contribution in [0.5, 0.6) is 0 Å². The van der Waals surface area contributed by atoms with Gasteiger partial charge in [-0.15, -0.1) is 0 Å². The van der Waals surface area contributed by atoms with E-state index in [9.17, 15) is 8.42 Å². The standard InChI is InChI=1S/C20H35N5O2S/c1-4-18-8-6-7-14-25(18)15-13-23-20(22-5-2)24-16-17-9-11-19(12-10-17)28(26,27)21-3/h9-12,18,21H,4-8,13-16H2,1-3H3,(H2,22,23,24). The van der Waals surface area contributed by atoms with Gasteiger partial charge in [0.25, 0.3) is 0 Å². The molecule has 1 aromatic rings. The van der Waals surface area contributed by atoms with Crippen molar-refractivity contribution in [3.63, 3.8) is 0 Å². The maximum atomic E-state index is 11.8. The summed E-state index contributed by atoms with van der Waals surface area (Å²) in [5, 5.41) is 6.69. The summed E-state index contributed by atoms with van der Waals surface area (Å²) in [6.45, 7) is 8.70. The van der Waals surface area contributed by atoms with E-state index in [-0.39, 0.29) is 4.90 Å². The van der Waals surface area contributed by atoms with Gasteiger partial charge >= 0.3 is 0 Å². The minimum absolute atomic E-state index is 0.264. The quantitative estimate of drug-likeness (QED) is 0.429. The average Bonchev–Trinajstić information content (AvgIpc) is 2.72. The second-order valence-electron chi connectivity index (χ2n) is 7.07. The maximum absolute atomic E-state index is 11.8. The van der Waals surface area contributed by atoms with Crippen molar-refractivity contribution < 1.29 is 8.42 Å². The van der Waals surface area contributed by atoms with Crippen molar-refractivity contribution in [3.8, 4) is 0 Å². The van der Waals surface area contributed by atoms with Crippen LogP contribution >= 0.6 is 0 Å². The van der Waals surface area contributed by atoms with Gasteiger partial charge in [-0.25, -0.2) is 18.1 Å². The number of nitrogens with one attached hydrogen (secondary N) is 3. The van der Waals surface area contributed by atoms with Crippen molar-refractivity contribution in [1.29, 1.82) is 0 Å². The van der Waals surface area contributed by atoms with Gasteiger partial charge in [0.1, 0.15) is 0 Å². The summed E-state index contributed by atoms with van der Waals surface area (Å²) >= 11 is 0. The lowest BCUT2D eigenvalue weighted by Crippen LogP contribution is -2.45. The van der Waals surface area contributed by atoms with Crippen molar-refractivity contribution in [2.45, 2.75) is 57.0 Å². The van der Waals surface area contributed by atoms with E-state index < -0.39 is 10.0 Å². The van der Waals surface area contributed by atoms with Gasteiger partial charge in [-0.3, -0.25) is 4.90 Å². The molecular weight excluding hydrogens is 374 g/mol. The molecule has 1 unspecified atom stereocenters. The summed E-state index contributed by atoms with van der Waals surface area (Å²) < 4.78 is 25.9. The van der Waals surface area contributed by atoms with Crippen LogP contribution in [0.3, 0.4) is 0 Å². The zero-order valence-electron chi connectivity index (χ0n) is 17.4. The molecule has 0 spiro atoms. The number of benzene rings is 1. The second-order valence-corrected chi connectivity index (χ2v) is 8.95. The summed E-state index contributed by atoms with van der Waals surface area (Å²) in [6, 6.07) is 7.53. The van der Waals surface area contributed by atoms with Gasteiger partial charge in [-0.1, -0.05) is 25.5 Å². The van der Waals surface area contributed by atoms with Crippen molar-refractivity contribution in [3.05, 3.63) is 29.8 Å². The Labute approximate surface area is 170 Å². The zero-order valence-corrected chi connectivity index (χ0v) is 18.2. The van der Waals surface area contributed by atoms with Crippen molar-refractivity contribution >= 4 is 16.0 Å². The average molecular weight is 410 g/mol. The molecular formula is C20H35N5O2S. The van der Waals surface area contributed by atoms with Crippen LogP contribution in [0.1, 0.15) is 45.1 Å². The third kappa shape index (κ3) is 6.76. The van der Waals surface area contributed by atoms with E-state index in [4.69, 9.17) is 0 Å². The Morgan fingerprint density at radius 2 is 1.93 bits per heavy atom. The summed E-state index contributed by atoms with van der Waals surface area (Å²) in [7, 11) is -1.99. The molecule has 0 amide bonds. The van der Waals surface area contributed by atoms with E-state index in [2.05, 4.69) is 32.2 Å². The fourth-order valence-electron chi connectivity index (χ4n) is 3.54. The number of likely N-dealkylation sites (tertiary alicyclic amines) is 1. The largest absolute Gasteiger partial charge is 0.357 e. The van der Waals surface area contributed by atoms with E-state index >= 15 is 0 Å². The number of hydrogen-bond acceptors (Lipinski definition) is 4. The monoisotopic (exact) mass is 409 g/mol. The number of sulfonamides is 1. The molecule has 2 rings (SSSR count). The number of piperidine rings is 1. The Kier molecular flexibility index (Phi) is 9.21. The first-order valence-electron chi connectivity index (χ1n) is 10.3. The van der Waals surface area contributed by atoms with Crippen LogP contribution in [0.2, 0.25) is 0 Å². The van der Waals surface area contributed by atoms with E-state index in [1.807, 2.05) is 6.92 Å². The molecule has 1 aliphatic heterocycles. The SMILES string of the molecule is CCNC(=NCc1ccc(S(=O)(=O)NC)cc1)NCCN1CCCCC1CC. The Balaban J connectivity index is 1.89. The highest BCUT2D eigenvalue weighted by atomic mass is 32.2. The number of aliphatic imine (C=N–C) groups is 1. The number of rotatable bonds is 9. The molecule has 0 saturated carbocycles. The number of nitrogens with zero attached hydrogens (tertiary/aromatic N) is 2. The second kappa shape index (κ2) is 11.4. The third-order valence-electron chi connectivity index (χ3n) is 5.18. The molecule has 1 fully saturated rings. The van der Waals surface area contributed by atoms with Crippen molar-refractivity contribution in [1.82, 2.24) is 20.3 Å². The Morgan fingerprint density at radius 3 is 2.57 bits per heavy atom. The first kappa shape index (κ1) is 22.6. The first-order valence-corrected chi connectivity index (χ1v) is 11.8. The predicted octanol–water partition coefficient (Wildman–Crippen LogP) is 1.91. The molecule has 1 atom stereocenters. The zero-order chi connectivity index (χ0) is 20.4. The van der Waals surface area contributed by atoms with Gasteiger partial charge in [0.2, 0.25) is 10.0 Å². The Bertz CT molecular complexity index is 719. The molecule has 1 aromatic carbocycles. The Hall–Kier alpha value is -1.64. The van der Waals surface area contributed by atoms with Gasteiger partial charge in [-0.05, 0) is 57.5 Å². The number of hydrogen-bond donors (Lipinski definition) is 3. The molecule has 28 heavy (non-hydrogen) atoms. The molecule has 0 radical (unpaired) electrons. The van der Waals surface area contributed by atoms with Gasteiger partial charge in [0, 0.05) is 25.7 Å². The Morgan fingerprint density at radius 1 is 1.18 bits per heavy atom. The topological polar surface area (TPSA) is 85.8 Å². The van der Waals surface area contributed by atoms with Crippen LogP contribution in [0.25, 0.3) is 0 Å². The minimum Gasteiger partial charge on any atom is -0.357 e. The molecule has 1 aliphatic rings. The van der Waals surface area contributed by atoms with Crippen LogP contribution in [-0.2, 0) is 16.6 Å². The third-order valence-corrected chi connectivity index (χ3v) is 6.61. The summed E-state index contributed by atoms with van der Waals surface area (Å²) in [5.74, 6) is 0.791. The minimum atomic E-state index is -3.40. The molecule has 3 N–H and O–H groups in total. The van der Waals surface area contributed by atoms with Crippen LogP contribution in [0, 0.1) is 0 Å². The van der Waals surface area contributed by atoms with Crippen molar-refractivity contribution in [2.75, 3.05) is 33.2 Å². The maximum Gasteiger partial charge on any atom is 0.240 e. The highest BCUT2D eigenvalue weighted by molar-refractivity contribution is 7.89. The van der Waals surface area contributed by atoms with Crippen LogP contribution in [0.15, 0.2) is 34.2 Å². The highest BCUT2D eigenvalue weighted by Gasteiger charge is 2.19. The van der Waals surface area contributed by atoms with E-state index in [1.54, 1.807) is 24.3 Å². The lowest BCUT2D eigenvalue weighted by atomic mass is 10.0. The molecule has 158 valence electrons. The molecule has 1 heterocycles. The first-order chi connectivity index (χ1) is 13.5. The molecule has 0 bridgehead atoms. The van der Waals surface area contributed by atoms with E-state index in [0.29, 0.717) is 12.6 Å². The lowest BCUT2D eigenvalue weighted by molar-refractivity contribution is 0.147. The predicted molar refractivity (Wildman–Crippen MR) is 115 cm³/mol. The summed E-state index contributed by atoms with van der Waals surface area (Å²) in [4.78, 5) is 7.48. The summed E-state index contributed by atoms with van der Waals surface area (Å²) in [6.07, 6.45) is 5.17. The normalized spacial score (nSPS) is 18.8. The molecule has 0 aliphatic carbocycles. The smallest absolute Gasteiger partial charge is 0.240 e. The molecule has 7 nitrogen and oxygen atoms in total. The highest BCUT2D eigenvalue weighted by Crippen LogP contribution is 2.18. The number of guanidine groups is 1. The van der Waals surface area contributed by atoms with Crippen LogP contribution in [0.4, 0.5) is 0 Å². The molecule has 8 heteroatoms. The van der Waals surface area contributed by atoms with Crippen LogP contribution in [-0.4, -0.2) is 58.5 Å². The van der Waals surface area contributed by atoms with Gasteiger partial charge in [0.15, 0.2) is 5.96 Å². The van der Waals surface area contributed by atoms with Gasteiger partial charge in [0.05, 0.1) is 11.4 Å². The van der Waals surface area contributed by atoms with Gasteiger partial charge in [-0.2, -0.15) is 0 Å². The fourth-order valence-corrected chi connectivity index (χ4v) is 4.27. The molecule has 0 aromatic heterocycles. The van der Waals surface area contributed by atoms with E-state index in [1.165, 1.54) is 39.3 Å². The fraction of sp³-hybridized carbons (Fsp3) is 0.650. The van der Waals surface area contributed by atoms with E-state index in [0.717, 1.165) is 31.2 Å². The van der Waals surface area contributed by atoms with Crippen molar-refractivity contribution in [2.24, 2.45) is 4.99 Å². The van der Waals surface area contributed by atoms with Crippen LogP contribution < -0.4 is 15.4 Å². The molecule has 1 saturated heterocycles.